The number of hydrogen-bond acceptors (Lipinski definition) is 2. The molecule has 2 nitrogen and oxygen atoms in total. The van der Waals surface area contributed by atoms with Gasteiger partial charge in [-0.15, -0.1) is 0 Å². The van der Waals surface area contributed by atoms with E-state index in [0.29, 0.717) is 6.04 Å². The monoisotopic (exact) mass is 254 g/mol. The largest absolute Gasteiger partial charge is 0.311 e. The van der Waals surface area contributed by atoms with Gasteiger partial charge in [0.15, 0.2) is 0 Å². The van der Waals surface area contributed by atoms with Gasteiger partial charge in [-0.1, -0.05) is 48.0 Å². The minimum atomic E-state index is 0.672. The lowest BCUT2D eigenvalue weighted by Gasteiger charge is -2.47. The quantitative estimate of drug-likeness (QED) is 0.780. The first kappa shape index (κ1) is 16.0. The van der Waals surface area contributed by atoms with E-state index in [9.17, 15) is 0 Å². The molecule has 2 heteroatoms. The highest BCUT2D eigenvalue weighted by atomic mass is 15.3. The van der Waals surface area contributed by atoms with Gasteiger partial charge in [-0.05, 0) is 24.7 Å². The van der Waals surface area contributed by atoms with Crippen LogP contribution in [0.2, 0.25) is 0 Å². The Hall–Kier alpha value is -0.0800. The molecule has 18 heavy (non-hydrogen) atoms. The van der Waals surface area contributed by atoms with Crippen molar-refractivity contribution < 1.29 is 0 Å². The summed E-state index contributed by atoms with van der Waals surface area (Å²) >= 11 is 0. The summed E-state index contributed by atoms with van der Waals surface area (Å²) in [5.74, 6) is 1.53. The number of nitrogens with one attached hydrogen (secondary N) is 1. The van der Waals surface area contributed by atoms with Crippen LogP contribution in [0, 0.1) is 11.8 Å². The summed E-state index contributed by atoms with van der Waals surface area (Å²) in [6.45, 7) is 16.5. The molecule has 3 atom stereocenters. The molecule has 0 aromatic heterocycles. The Morgan fingerprint density at radius 1 is 1.06 bits per heavy atom. The molecule has 0 amide bonds. The molecule has 0 saturated carbocycles. The maximum atomic E-state index is 3.78. The summed E-state index contributed by atoms with van der Waals surface area (Å²) in [5, 5.41) is 3.78. The Morgan fingerprint density at radius 2 is 1.67 bits per heavy atom. The molecule has 0 aromatic carbocycles. The Bertz CT molecular complexity index is 223. The molecule has 1 fully saturated rings. The molecule has 0 spiro atoms. The average Bonchev–Trinajstić information content (AvgIpc) is 2.39. The van der Waals surface area contributed by atoms with E-state index in [1.165, 1.54) is 32.4 Å². The SMILES string of the molecule is CCC(C)C1CNC(C(C)C)CN1C(CC)CC. The highest BCUT2D eigenvalue weighted by Gasteiger charge is 2.34. The standard InChI is InChI=1S/C16H34N2/c1-7-13(6)16-10-17-15(12(4)5)11-18(16)14(8-2)9-3/h12-17H,7-11H2,1-6H3. The van der Waals surface area contributed by atoms with Crippen molar-refractivity contribution in [3.63, 3.8) is 0 Å². The van der Waals surface area contributed by atoms with E-state index in [0.717, 1.165) is 23.9 Å². The van der Waals surface area contributed by atoms with E-state index in [1.54, 1.807) is 0 Å². The van der Waals surface area contributed by atoms with Gasteiger partial charge in [-0.3, -0.25) is 4.90 Å². The molecule has 0 aromatic rings. The number of hydrogen-bond donors (Lipinski definition) is 1. The predicted octanol–water partition coefficient (Wildman–Crippen LogP) is 3.52. The molecule has 1 aliphatic heterocycles. The van der Waals surface area contributed by atoms with Crippen LogP contribution in [0.15, 0.2) is 0 Å². The molecular formula is C16H34N2. The molecular weight excluding hydrogens is 220 g/mol. The van der Waals surface area contributed by atoms with Gasteiger partial charge < -0.3 is 5.32 Å². The summed E-state index contributed by atoms with van der Waals surface area (Å²) in [6.07, 6.45) is 3.86. The van der Waals surface area contributed by atoms with Crippen molar-refractivity contribution in [2.24, 2.45) is 11.8 Å². The molecule has 1 heterocycles. The zero-order chi connectivity index (χ0) is 13.7. The van der Waals surface area contributed by atoms with Crippen LogP contribution in [-0.2, 0) is 0 Å². The highest BCUT2D eigenvalue weighted by molar-refractivity contribution is 4.92. The third-order valence-corrected chi connectivity index (χ3v) is 4.94. The molecule has 0 radical (unpaired) electrons. The maximum Gasteiger partial charge on any atom is 0.0249 e. The van der Waals surface area contributed by atoms with Gasteiger partial charge in [-0.2, -0.15) is 0 Å². The lowest BCUT2D eigenvalue weighted by molar-refractivity contribution is 0.0371. The van der Waals surface area contributed by atoms with Crippen molar-refractivity contribution in [3.8, 4) is 0 Å². The minimum Gasteiger partial charge on any atom is -0.311 e. The second-order valence-corrected chi connectivity index (χ2v) is 6.38. The Balaban J connectivity index is 2.78. The van der Waals surface area contributed by atoms with Crippen molar-refractivity contribution in [1.82, 2.24) is 10.2 Å². The summed E-state index contributed by atoms with van der Waals surface area (Å²) in [5.41, 5.74) is 0. The smallest absolute Gasteiger partial charge is 0.0249 e. The van der Waals surface area contributed by atoms with E-state index in [-0.39, 0.29) is 0 Å². The predicted molar refractivity (Wildman–Crippen MR) is 80.9 cm³/mol. The van der Waals surface area contributed by atoms with Crippen LogP contribution in [0.1, 0.15) is 60.8 Å². The van der Waals surface area contributed by atoms with Crippen LogP contribution in [0.25, 0.3) is 0 Å². The minimum absolute atomic E-state index is 0.672. The van der Waals surface area contributed by atoms with Crippen LogP contribution in [0.5, 0.6) is 0 Å². The summed E-state index contributed by atoms with van der Waals surface area (Å²) in [7, 11) is 0. The normalized spacial score (nSPS) is 28.0. The fraction of sp³-hybridized carbons (Fsp3) is 1.00. The Morgan fingerprint density at radius 3 is 2.11 bits per heavy atom. The van der Waals surface area contributed by atoms with Crippen molar-refractivity contribution >= 4 is 0 Å². The maximum absolute atomic E-state index is 3.78. The first-order valence-electron chi connectivity index (χ1n) is 8.04. The van der Waals surface area contributed by atoms with Gasteiger partial charge in [0.1, 0.15) is 0 Å². The first-order valence-corrected chi connectivity index (χ1v) is 8.04. The van der Waals surface area contributed by atoms with Crippen LogP contribution < -0.4 is 5.32 Å². The lowest BCUT2D eigenvalue weighted by Crippen LogP contribution is -2.62. The highest BCUT2D eigenvalue weighted by Crippen LogP contribution is 2.25. The van der Waals surface area contributed by atoms with Crippen LogP contribution >= 0.6 is 0 Å². The van der Waals surface area contributed by atoms with Crippen LogP contribution in [0.3, 0.4) is 0 Å². The topological polar surface area (TPSA) is 15.3 Å². The Kier molecular flexibility index (Phi) is 6.65. The molecule has 1 N–H and O–H groups in total. The van der Waals surface area contributed by atoms with Gasteiger partial charge in [0.05, 0.1) is 0 Å². The fourth-order valence-electron chi connectivity index (χ4n) is 3.24. The third-order valence-electron chi connectivity index (χ3n) is 4.94. The summed E-state index contributed by atoms with van der Waals surface area (Å²) in [6, 6.07) is 2.17. The number of piperazine rings is 1. The van der Waals surface area contributed by atoms with Gasteiger partial charge in [0.25, 0.3) is 0 Å². The van der Waals surface area contributed by atoms with Gasteiger partial charge in [0.2, 0.25) is 0 Å². The lowest BCUT2D eigenvalue weighted by atomic mass is 9.89. The van der Waals surface area contributed by atoms with E-state index in [4.69, 9.17) is 0 Å². The van der Waals surface area contributed by atoms with Crippen molar-refractivity contribution in [1.29, 1.82) is 0 Å². The molecule has 0 bridgehead atoms. The summed E-state index contributed by atoms with van der Waals surface area (Å²) in [4.78, 5) is 2.81. The average molecular weight is 254 g/mol. The second kappa shape index (κ2) is 7.49. The van der Waals surface area contributed by atoms with Crippen molar-refractivity contribution in [3.05, 3.63) is 0 Å². The van der Waals surface area contributed by atoms with Crippen molar-refractivity contribution in [2.45, 2.75) is 78.9 Å². The molecule has 108 valence electrons. The van der Waals surface area contributed by atoms with Gasteiger partial charge in [0, 0.05) is 31.2 Å². The van der Waals surface area contributed by atoms with E-state index in [2.05, 4.69) is 51.8 Å². The van der Waals surface area contributed by atoms with Crippen LogP contribution in [-0.4, -0.2) is 36.1 Å². The number of nitrogens with zero attached hydrogens (tertiary/aromatic N) is 1. The Labute approximate surface area is 115 Å². The fourth-order valence-corrected chi connectivity index (χ4v) is 3.24. The molecule has 3 unspecified atom stereocenters. The van der Waals surface area contributed by atoms with E-state index >= 15 is 0 Å². The molecule has 1 rings (SSSR count). The van der Waals surface area contributed by atoms with Crippen LogP contribution in [0.4, 0.5) is 0 Å². The third kappa shape index (κ3) is 3.71. The van der Waals surface area contributed by atoms with E-state index in [1.807, 2.05) is 0 Å². The first-order chi connectivity index (χ1) is 8.54. The second-order valence-electron chi connectivity index (χ2n) is 6.38. The zero-order valence-corrected chi connectivity index (χ0v) is 13.4. The molecule has 0 aliphatic carbocycles. The molecule has 1 saturated heterocycles. The van der Waals surface area contributed by atoms with Gasteiger partial charge in [-0.25, -0.2) is 0 Å². The zero-order valence-electron chi connectivity index (χ0n) is 13.4. The number of rotatable bonds is 6. The van der Waals surface area contributed by atoms with Gasteiger partial charge >= 0.3 is 0 Å². The van der Waals surface area contributed by atoms with E-state index < -0.39 is 0 Å². The molecule has 1 aliphatic rings. The summed E-state index contributed by atoms with van der Waals surface area (Å²) < 4.78 is 0. The van der Waals surface area contributed by atoms with Crippen molar-refractivity contribution in [2.75, 3.05) is 13.1 Å².